The van der Waals surface area contributed by atoms with Crippen molar-refractivity contribution in [3.05, 3.63) is 0 Å². The molecule has 2 N–H and O–H groups in total. The standard InChI is InChI=1S/C10H21NO/c1-7(2)6-8(11)9(12)10(3,4)5/h7-8H,6,11H2,1-5H3. The van der Waals surface area contributed by atoms with Gasteiger partial charge in [-0.3, -0.25) is 4.79 Å². The Morgan fingerprint density at radius 1 is 1.33 bits per heavy atom. The fourth-order valence-corrected chi connectivity index (χ4v) is 1.17. The molecule has 0 aromatic heterocycles. The largest absolute Gasteiger partial charge is 0.321 e. The number of rotatable bonds is 3. The van der Waals surface area contributed by atoms with Gasteiger partial charge in [0.05, 0.1) is 6.04 Å². The second kappa shape index (κ2) is 4.04. The fourth-order valence-electron chi connectivity index (χ4n) is 1.17. The van der Waals surface area contributed by atoms with Crippen LogP contribution in [0.25, 0.3) is 0 Å². The summed E-state index contributed by atoms with van der Waals surface area (Å²) in [7, 11) is 0. The lowest BCUT2D eigenvalue weighted by Crippen LogP contribution is -2.39. The Hall–Kier alpha value is -0.370. The first kappa shape index (κ1) is 11.6. The average Bonchev–Trinajstić information content (AvgIpc) is 1.82. The maximum Gasteiger partial charge on any atom is 0.154 e. The summed E-state index contributed by atoms with van der Waals surface area (Å²) >= 11 is 0. The molecular weight excluding hydrogens is 150 g/mol. The molecule has 0 bridgehead atoms. The van der Waals surface area contributed by atoms with E-state index in [4.69, 9.17) is 5.73 Å². The zero-order chi connectivity index (χ0) is 9.94. The first-order valence-electron chi connectivity index (χ1n) is 4.55. The van der Waals surface area contributed by atoms with Crippen LogP contribution in [0.3, 0.4) is 0 Å². The lowest BCUT2D eigenvalue weighted by Gasteiger charge is -2.22. The Balaban J connectivity index is 4.12. The molecule has 2 heteroatoms. The molecule has 2 nitrogen and oxygen atoms in total. The van der Waals surface area contributed by atoms with Gasteiger partial charge in [-0.05, 0) is 12.3 Å². The molecule has 0 amide bonds. The molecule has 0 heterocycles. The number of carbonyl (C=O) groups is 1. The smallest absolute Gasteiger partial charge is 0.154 e. The SMILES string of the molecule is CC(C)CC(N)C(=O)C(C)(C)C. The van der Waals surface area contributed by atoms with Crippen LogP contribution in [0.5, 0.6) is 0 Å². The quantitative estimate of drug-likeness (QED) is 0.705. The highest BCUT2D eigenvalue weighted by molar-refractivity contribution is 5.88. The molecule has 1 atom stereocenters. The maximum atomic E-state index is 11.6. The van der Waals surface area contributed by atoms with Crippen LogP contribution in [-0.2, 0) is 4.79 Å². The van der Waals surface area contributed by atoms with E-state index in [1.807, 2.05) is 20.8 Å². The van der Waals surface area contributed by atoms with Crippen LogP contribution in [-0.4, -0.2) is 11.8 Å². The molecule has 0 aromatic carbocycles. The lowest BCUT2D eigenvalue weighted by atomic mass is 9.84. The minimum atomic E-state index is -0.297. The normalized spacial score (nSPS) is 14.9. The van der Waals surface area contributed by atoms with Gasteiger partial charge in [-0.25, -0.2) is 0 Å². The number of ketones is 1. The number of hydrogen-bond donors (Lipinski definition) is 1. The predicted molar refractivity (Wildman–Crippen MR) is 51.9 cm³/mol. The van der Waals surface area contributed by atoms with Gasteiger partial charge in [0.15, 0.2) is 5.78 Å². The Bertz CT molecular complexity index is 156. The van der Waals surface area contributed by atoms with E-state index in [1.54, 1.807) is 0 Å². The van der Waals surface area contributed by atoms with Crippen molar-refractivity contribution < 1.29 is 4.79 Å². The van der Waals surface area contributed by atoms with E-state index in [2.05, 4.69) is 13.8 Å². The summed E-state index contributed by atoms with van der Waals surface area (Å²) in [6.45, 7) is 9.90. The molecule has 0 radical (unpaired) electrons. The summed E-state index contributed by atoms with van der Waals surface area (Å²) in [5.41, 5.74) is 5.46. The van der Waals surface area contributed by atoms with Gasteiger partial charge in [-0.2, -0.15) is 0 Å². The summed E-state index contributed by atoms with van der Waals surface area (Å²) in [5, 5.41) is 0. The molecule has 12 heavy (non-hydrogen) atoms. The maximum absolute atomic E-state index is 11.6. The molecule has 0 saturated carbocycles. The third kappa shape index (κ3) is 3.86. The number of Topliss-reactive ketones (excluding diaryl/α,β-unsaturated/α-hetero) is 1. The van der Waals surface area contributed by atoms with Crippen LogP contribution in [0.15, 0.2) is 0 Å². The van der Waals surface area contributed by atoms with Crippen molar-refractivity contribution >= 4 is 5.78 Å². The lowest BCUT2D eigenvalue weighted by molar-refractivity contribution is -0.127. The average molecular weight is 171 g/mol. The first-order valence-corrected chi connectivity index (χ1v) is 4.55. The van der Waals surface area contributed by atoms with Crippen molar-refractivity contribution in [1.29, 1.82) is 0 Å². The van der Waals surface area contributed by atoms with Crippen molar-refractivity contribution in [1.82, 2.24) is 0 Å². The molecule has 0 aliphatic rings. The summed E-state index contributed by atoms with van der Waals surface area (Å²) in [6.07, 6.45) is 0.788. The Labute approximate surface area is 75.5 Å². The Morgan fingerprint density at radius 2 is 1.75 bits per heavy atom. The van der Waals surface area contributed by atoms with E-state index in [1.165, 1.54) is 0 Å². The van der Waals surface area contributed by atoms with E-state index in [-0.39, 0.29) is 17.2 Å². The van der Waals surface area contributed by atoms with Crippen LogP contribution >= 0.6 is 0 Å². The number of hydrogen-bond acceptors (Lipinski definition) is 2. The molecule has 0 aromatic rings. The zero-order valence-corrected chi connectivity index (χ0v) is 8.85. The molecule has 0 spiro atoms. The first-order chi connectivity index (χ1) is 5.25. The van der Waals surface area contributed by atoms with Crippen LogP contribution in [0.1, 0.15) is 41.0 Å². The highest BCUT2D eigenvalue weighted by atomic mass is 16.1. The Kier molecular flexibility index (Phi) is 3.91. The minimum absolute atomic E-state index is 0.163. The third-order valence-electron chi connectivity index (χ3n) is 1.80. The topological polar surface area (TPSA) is 43.1 Å². The van der Waals surface area contributed by atoms with Gasteiger partial charge in [0.25, 0.3) is 0 Å². The second-order valence-corrected chi connectivity index (χ2v) is 4.85. The van der Waals surface area contributed by atoms with Crippen molar-refractivity contribution in [2.75, 3.05) is 0 Å². The summed E-state index contributed by atoms with van der Waals surface area (Å²) in [5.74, 6) is 0.655. The highest BCUT2D eigenvalue weighted by Gasteiger charge is 2.27. The number of carbonyl (C=O) groups excluding carboxylic acids is 1. The van der Waals surface area contributed by atoms with Crippen molar-refractivity contribution in [2.24, 2.45) is 17.1 Å². The van der Waals surface area contributed by atoms with Crippen LogP contribution in [0, 0.1) is 11.3 Å². The van der Waals surface area contributed by atoms with Crippen LogP contribution < -0.4 is 5.73 Å². The van der Waals surface area contributed by atoms with Gasteiger partial charge in [0, 0.05) is 5.41 Å². The molecule has 72 valence electrons. The van der Waals surface area contributed by atoms with E-state index in [0.29, 0.717) is 5.92 Å². The zero-order valence-electron chi connectivity index (χ0n) is 8.85. The van der Waals surface area contributed by atoms with Crippen molar-refractivity contribution in [2.45, 2.75) is 47.1 Å². The predicted octanol–water partition coefficient (Wildman–Crippen LogP) is 1.98. The number of nitrogens with two attached hydrogens (primary N) is 1. The molecule has 0 saturated heterocycles. The van der Waals surface area contributed by atoms with Gasteiger partial charge >= 0.3 is 0 Å². The van der Waals surface area contributed by atoms with E-state index < -0.39 is 0 Å². The van der Waals surface area contributed by atoms with Crippen LogP contribution in [0.2, 0.25) is 0 Å². The minimum Gasteiger partial charge on any atom is -0.321 e. The van der Waals surface area contributed by atoms with Gasteiger partial charge in [0.2, 0.25) is 0 Å². The molecule has 0 rings (SSSR count). The van der Waals surface area contributed by atoms with Crippen molar-refractivity contribution in [3.63, 3.8) is 0 Å². The summed E-state index contributed by atoms with van der Waals surface area (Å²) in [4.78, 5) is 11.6. The monoisotopic (exact) mass is 171 g/mol. The van der Waals surface area contributed by atoms with Crippen LogP contribution in [0.4, 0.5) is 0 Å². The van der Waals surface area contributed by atoms with E-state index >= 15 is 0 Å². The molecule has 1 unspecified atom stereocenters. The molecule has 0 aliphatic carbocycles. The summed E-state index contributed by atoms with van der Waals surface area (Å²) in [6, 6.07) is -0.287. The van der Waals surface area contributed by atoms with Gasteiger partial charge < -0.3 is 5.73 Å². The third-order valence-corrected chi connectivity index (χ3v) is 1.80. The van der Waals surface area contributed by atoms with Gasteiger partial charge in [0.1, 0.15) is 0 Å². The molecular formula is C10H21NO. The molecule has 0 aliphatic heterocycles. The Morgan fingerprint density at radius 3 is 2.00 bits per heavy atom. The molecule has 0 fully saturated rings. The van der Waals surface area contributed by atoms with E-state index in [9.17, 15) is 4.79 Å². The fraction of sp³-hybridized carbons (Fsp3) is 0.900. The second-order valence-electron chi connectivity index (χ2n) is 4.85. The van der Waals surface area contributed by atoms with Gasteiger partial charge in [-0.1, -0.05) is 34.6 Å². The van der Waals surface area contributed by atoms with Crippen molar-refractivity contribution in [3.8, 4) is 0 Å². The van der Waals surface area contributed by atoms with Gasteiger partial charge in [-0.15, -0.1) is 0 Å². The van der Waals surface area contributed by atoms with E-state index in [0.717, 1.165) is 6.42 Å². The summed E-state index contributed by atoms with van der Waals surface area (Å²) < 4.78 is 0. The highest BCUT2D eigenvalue weighted by Crippen LogP contribution is 2.18.